The predicted octanol–water partition coefficient (Wildman–Crippen LogP) is 4.07. The van der Waals surface area contributed by atoms with Crippen molar-refractivity contribution >= 4 is 17.0 Å². The summed E-state index contributed by atoms with van der Waals surface area (Å²) in [6.07, 6.45) is 4.87. The van der Waals surface area contributed by atoms with Crippen LogP contribution in [0.3, 0.4) is 0 Å². The van der Waals surface area contributed by atoms with E-state index in [0.717, 1.165) is 34.3 Å². The van der Waals surface area contributed by atoms with Crippen LogP contribution in [0.1, 0.15) is 22.5 Å². The highest BCUT2D eigenvalue weighted by Gasteiger charge is 2.13. The third-order valence-corrected chi connectivity index (χ3v) is 5.16. The molecule has 0 atom stereocenters. The van der Waals surface area contributed by atoms with E-state index in [-0.39, 0.29) is 0 Å². The molecule has 6 heteroatoms. The summed E-state index contributed by atoms with van der Waals surface area (Å²) >= 11 is 1.38. The van der Waals surface area contributed by atoms with Gasteiger partial charge < -0.3 is 4.74 Å². The highest BCUT2D eigenvalue weighted by molar-refractivity contribution is 7.09. The quantitative estimate of drug-likeness (QED) is 0.557. The van der Waals surface area contributed by atoms with Crippen LogP contribution in [0.4, 0.5) is 0 Å². The number of ether oxygens (including phenoxy) is 1. The number of aromatic nitrogens is 4. The molecule has 5 nitrogen and oxygen atoms in total. The molecule has 0 fully saturated rings. The van der Waals surface area contributed by atoms with Crippen molar-refractivity contribution in [2.45, 2.75) is 20.3 Å². The number of aryl methyl sites for hydroxylation is 2. The Labute approximate surface area is 150 Å². The van der Waals surface area contributed by atoms with E-state index in [1.165, 1.54) is 28.2 Å². The maximum Gasteiger partial charge on any atom is 0.179 e. The summed E-state index contributed by atoms with van der Waals surface area (Å²) in [4.78, 5) is 9.02. The second-order valence-electron chi connectivity index (χ2n) is 5.97. The Morgan fingerprint density at radius 3 is 2.60 bits per heavy atom. The maximum atomic E-state index is 5.23. The molecular formula is C19H18N4OS. The van der Waals surface area contributed by atoms with Crippen molar-refractivity contribution < 1.29 is 4.74 Å². The Hall–Kier alpha value is -2.73. The Balaban J connectivity index is 1.70. The molecule has 4 rings (SSSR count). The van der Waals surface area contributed by atoms with Gasteiger partial charge in [0, 0.05) is 6.20 Å². The van der Waals surface area contributed by atoms with Crippen LogP contribution >= 0.6 is 11.5 Å². The van der Waals surface area contributed by atoms with Crippen molar-refractivity contribution in [3.05, 3.63) is 65.2 Å². The third-order valence-electron chi connectivity index (χ3n) is 4.36. The average Bonchev–Trinajstić information content (AvgIpc) is 3.24. The molecule has 4 aromatic rings. The largest absolute Gasteiger partial charge is 0.497 e. The second-order valence-corrected chi connectivity index (χ2v) is 6.73. The van der Waals surface area contributed by atoms with E-state index in [0.29, 0.717) is 0 Å². The first-order valence-corrected chi connectivity index (χ1v) is 8.82. The average molecular weight is 350 g/mol. The number of fused-ring (bicyclic) bond motifs is 1. The molecular weight excluding hydrogens is 332 g/mol. The molecule has 0 radical (unpaired) electrons. The van der Waals surface area contributed by atoms with E-state index in [1.54, 1.807) is 7.11 Å². The van der Waals surface area contributed by atoms with Crippen LogP contribution in [0.5, 0.6) is 5.75 Å². The molecule has 0 saturated heterocycles. The van der Waals surface area contributed by atoms with Crippen molar-refractivity contribution in [1.29, 1.82) is 0 Å². The van der Waals surface area contributed by atoms with Crippen molar-refractivity contribution in [2.75, 3.05) is 7.11 Å². The zero-order chi connectivity index (χ0) is 17.4. The fraction of sp³-hybridized carbons (Fsp3) is 0.211. The fourth-order valence-electron chi connectivity index (χ4n) is 2.94. The molecule has 3 heterocycles. The van der Waals surface area contributed by atoms with Gasteiger partial charge in [-0.15, -0.1) is 0 Å². The second kappa shape index (κ2) is 6.29. The molecule has 3 aromatic heterocycles. The number of nitrogens with zero attached hydrogens (tertiary/aromatic N) is 4. The lowest BCUT2D eigenvalue weighted by Crippen LogP contribution is -1.97. The van der Waals surface area contributed by atoms with Crippen molar-refractivity contribution in [3.8, 4) is 16.6 Å². The van der Waals surface area contributed by atoms with Crippen LogP contribution in [0.25, 0.3) is 16.3 Å². The van der Waals surface area contributed by atoms with Crippen molar-refractivity contribution in [1.82, 2.24) is 18.7 Å². The van der Waals surface area contributed by atoms with Gasteiger partial charge in [-0.05, 0) is 66.7 Å². The lowest BCUT2D eigenvalue weighted by atomic mass is 10.0. The Morgan fingerprint density at radius 1 is 1.12 bits per heavy atom. The zero-order valence-corrected chi connectivity index (χ0v) is 15.2. The summed E-state index contributed by atoms with van der Waals surface area (Å²) in [6, 6.07) is 10.4. The van der Waals surface area contributed by atoms with Crippen molar-refractivity contribution in [3.63, 3.8) is 0 Å². The van der Waals surface area contributed by atoms with E-state index in [1.807, 2.05) is 25.3 Å². The first-order chi connectivity index (χ1) is 12.2. The van der Waals surface area contributed by atoms with Crippen molar-refractivity contribution in [2.24, 2.45) is 0 Å². The lowest BCUT2D eigenvalue weighted by Gasteiger charge is -2.09. The number of benzene rings is 1. The minimum absolute atomic E-state index is 0.782. The molecule has 0 spiro atoms. The molecule has 0 amide bonds. The molecule has 126 valence electrons. The maximum absolute atomic E-state index is 5.23. The van der Waals surface area contributed by atoms with Crippen LogP contribution in [-0.2, 0) is 6.42 Å². The molecule has 1 aromatic carbocycles. The normalized spacial score (nSPS) is 11.2. The summed E-state index contributed by atoms with van der Waals surface area (Å²) in [5.41, 5.74) is 4.89. The van der Waals surface area contributed by atoms with E-state index < -0.39 is 0 Å². The van der Waals surface area contributed by atoms with Gasteiger partial charge in [-0.1, -0.05) is 12.1 Å². The first-order valence-electron chi connectivity index (χ1n) is 8.05. The molecule has 0 bridgehead atoms. The van der Waals surface area contributed by atoms with E-state index in [9.17, 15) is 0 Å². The Bertz CT molecular complexity index is 1030. The molecule has 0 saturated carbocycles. The topological polar surface area (TPSA) is 52.3 Å². The molecule has 0 aliphatic rings. The molecule has 0 aliphatic carbocycles. The number of methoxy groups -OCH3 is 1. The zero-order valence-electron chi connectivity index (χ0n) is 14.4. The van der Waals surface area contributed by atoms with Gasteiger partial charge in [0.05, 0.1) is 18.8 Å². The minimum atomic E-state index is 0.782. The number of hydrogen-bond acceptors (Lipinski definition) is 5. The number of hydrogen-bond donors (Lipinski definition) is 0. The van der Waals surface area contributed by atoms with Gasteiger partial charge in [-0.25, -0.2) is 9.97 Å². The van der Waals surface area contributed by atoms with Crippen LogP contribution in [0.2, 0.25) is 0 Å². The molecule has 0 N–H and O–H groups in total. The van der Waals surface area contributed by atoms with Crippen LogP contribution < -0.4 is 4.74 Å². The SMILES string of the molecule is COc1ccc(Cc2ccn3c(-c4nc(C)ns4)ncc3c2C)cc1. The minimum Gasteiger partial charge on any atom is -0.497 e. The summed E-state index contributed by atoms with van der Waals surface area (Å²) in [6.45, 7) is 4.04. The lowest BCUT2D eigenvalue weighted by molar-refractivity contribution is 0.414. The number of imidazole rings is 1. The fourth-order valence-corrected chi connectivity index (χ4v) is 3.61. The van der Waals surface area contributed by atoms with Gasteiger partial charge in [0.2, 0.25) is 0 Å². The summed E-state index contributed by atoms with van der Waals surface area (Å²) < 4.78 is 11.6. The van der Waals surface area contributed by atoms with E-state index >= 15 is 0 Å². The highest BCUT2D eigenvalue weighted by Crippen LogP contribution is 2.26. The predicted molar refractivity (Wildman–Crippen MR) is 99.4 cm³/mol. The highest BCUT2D eigenvalue weighted by atomic mass is 32.1. The van der Waals surface area contributed by atoms with Crippen LogP contribution in [0.15, 0.2) is 42.7 Å². The number of pyridine rings is 1. The van der Waals surface area contributed by atoms with Gasteiger partial charge in [0.15, 0.2) is 10.8 Å². The summed E-state index contributed by atoms with van der Waals surface area (Å²) in [5.74, 6) is 2.51. The summed E-state index contributed by atoms with van der Waals surface area (Å²) in [7, 11) is 1.68. The Kier molecular flexibility index (Phi) is 3.97. The van der Waals surface area contributed by atoms with Gasteiger partial charge >= 0.3 is 0 Å². The van der Waals surface area contributed by atoms with Gasteiger partial charge in [-0.3, -0.25) is 4.40 Å². The first kappa shape index (κ1) is 15.8. The van der Waals surface area contributed by atoms with E-state index in [4.69, 9.17) is 4.74 Å². The third kappa shape index (κ3) is 2.89. The summed E-state index contributed by atoms with van der Waals surface area (Å²) in [5, 5.41) is 0.847. The standard InChI is InChI=1S/C19H18N4OS/c1-12-15(10-14-4-6-16(24-3)7-5-14)8-9-23-17(12)11-20-18(23)19-21-13(2)22-25-19/h4-9,11H,10H2,1-3H3. The van der Waals surface area contributed by atoms with Gasteiger partial charge in [-0.2, -0.15) is 4.37 Å². The van der Waals surface area contributed by atoms with Gasteiger partial charge in [0.25, 0.3) is 0 Å². The van der Waals surface area contributed by atoms with Gasteiger partial charge in [0.1, 0.15) is 11.6 Å². The van der Waals surface area contributed by atoms with Crippen LogP contribution in [0, 0.1) is 13.8 Å². The monoisotopic (exact) mass is 350 g/mol. The number of rotatable bonds is 4. The Morgan fingerprint density at radius 2 is 1.92 bits per heavy atom. The van der Waals surface area contributed by atoms with E-state index in [2.05, 4.69) is 50.1 Å². The van der Waals surface area contributed by atoms with Crippen LogP contribution in [-0.4, -0.2) is 25.9 Å². The molecule has 0 unspecified atom stereocenters. The molecule has 0 aliphatic heterocycles. The molecule has 25 heavy (non-hydrogen) atoms. The smallest absolute Gasteiger partial charge is 0.179 e.